The minimum Gasteiger partial charge on any atom is -0.329 e. The number of hydrogen-bond donors (Lipinski definition) is 3. The first-order valence-corrected chi connectivity index (χ1v) is 5.07. The number of nitrogens with two attached hydrogens (primary N) is 1. The van der Waals surface area contributed by atoms with Gasteiger partial charge in [-0.2, -0.15) is 0 Å². The topological polar surface area (TPSA) is 50.1 Å². The van der Waals surface area contributed by atoms with Crippen molar-refractivity contribution in [3.63, 3.8) is 0 Å². The highest BCUT2D eigenvalue weighted by atomic mass is 14.9. The van der Waals surface area contributed by atoms with Crippen molar-refractivity contribution in [2.24, 2.45) is 5.73 Å². The summed E-state index contributed by atoms with van der Waals surface area (Å²) in [6, 6.07) is 0.754. The average Bonchev–Trinajstić information content (AvgIpc) is 2.14. The third kappa shape index (κ3) is 4.04. The normalized spacial score (nSPS) is 24.2. The standard InChI is InChI=1S/C9H21N3/c10-5-8-11-7-4-9-3-1-2-6-12-9/h9,11-12H,1-8,10H2. The zero-order valence-corrected chi connectivity index (χ0v) is 7.81. The summed E-state index contributed by atoms with van der Waals surface area (Å²) in [5, 5.41) is 6.84. The summed E-state index contributed by atoms with van der Waals surface area (Å²) in [7, 11) is 0. The molecule has 0 radical (unpaired) electrons. The molecule has 0 aromatic rings. The number of hydrogen-bond acceptors (Lipinski definition) is 3. The molecule has 0 aromatic carbocycles. The van der Waals surface area contributed by atoms with Crippen LogP contribution in [-0.4, -0.2) is 32.2 Å². The van der Waals surface area contributed by atoms with Crippen molar-refractivity contribution in [1.29, 1.82) is 0 Å². The Balaban J connectivity index is 1.91. The molecule has 0 aromatic heterocycles. The third-order valence-corrected chi connectivity index (χ3v) is 2.40. The van der Waals surface area contributed by atoms with Crippen LogP contribution in [0, 0.1) is 0 Å². The van der Waals surface area contributed by atoms with Crippen LogP contribution in [0.4, 0.5) is 0 Å². The van der Waals surface area contributed by atoms with E-state index in [9.17, 15) is 0 Å². The quantitative estimate of drug-likeness (QED) is 0.513. The van der Waals surface area contributed by atoms with E-state index in [1.807, 2.05) is 0 Å². The predicted molar refractivity (Wildman–Crippen MR) is 52.2 cm³/mol. The van der Waals surface area contributed by atoms with Crippen molar-refractivity contribution < 1.29 is 0 Å². The second kappa shape index (κ2) is 6.40. The van der Waals surface area contributed by atoms with E-state index in [4.69, 9.17) is 5.73 Å². The molecule has 0 amide bonds. The van der Waals surface area contributed by atoms with Gasteiger partial charge in [0.25, 0.3) is 0 Å². The fraction of sp³-hybridized carbons (Fsp3) is 1.00. The Hall–Kier alpha value is -0.120. The summed E-state index contributed by atoms with van der Waals surface area (Å²) < 4.78 is 0. The summed E-state index contributed by atoms with van der Waals surface area (Å²) in [6.45, 7) is 4.02. The summed E-state index contributed by atoms with van der Waals surface area (Å²) >= 11 is 0. The van der Waals surface area contributed by atoms with Gasteiger partial charge in [0.2, 0.25) is 0 Å². The first-order chi connectivity index (χ1) is 5.93. The van der Waals surface area contributed by atoms with E-state index in [1.165, 1.54) is 32.2 Å². The van der Waals surface area contributed by atoms with Gasteiger partial charge in [0.05, 0.1) is 0 Å². The lowest BCUT2D eigenvalue weighted by Crippen LogP contribution is -2.37. The van der Waals surface area contributed by atoms with Crippen molar-refractivity contribution in [3.05, 3.63) is 0 Å². The molecule has 0 saturated carbocycles. The van der Waals surface area contributed by atoms with Crippen molar-refractivity contribution in [2.45, 2.75) is 31.7 Å². The van der Waals surface area contributed by atoms with Crippen molar-refractivity contribution >= 4 is 0 Å². The molecule has 1 heterocycles. The molecule has 0 spiro atoms. The van der Waals surface area contributed by atoms with Crippen molar-refractivity contribution in [3.8, 4) is 0 Å². The van der Waals surface area contributed by atoms with E-state index in [-0.39, 0.29) is 0 Å². The van der Waals surface area contributed by atoms with E-state index in [2.05, 4.69) is 10.6 Å². The predicted octanol–water partition coefficient (Wildman–Crippen LogP) is 0.0669. The largest absolute Gasteiger partial charge is 0.329 e. The second-order valence-electron chi connectivity index (χ2n) is 3.47. The molecular weight excluding hydrogens is 150 g/mol. The first-order valence-electron chi connectivity index (χ1n) is 5.07. The molecule has 1 unspecified atom stereocenters. The van der Waals surface area contributed by atoms with Crippen LogP contribution in [0.1, 0.15) is 25.7 Å². The zero-order valence-electron chi connectivity index (χ0n) is 7.81. The van der Waals surface area contributed by atoms with Crippen LogP contribution in [-0.2, 0) is 0 Å². The molecule has 4 N–H and O–H groups in total. The highest BCUT2D eigenvalue weighted by molar-refractivity contribution is 4.72. The van der Waals surface area contributed by atoms with Crippen LogP contribution in [0.2, 0.25) is 0 Å². The molecular formula is C9H21N3. The van der Waals surface area contributed by atoms with Crippen LogP contribution in [0.3, 0.4) is 0 Å². The highest BCUT2D eigenvalue weighted by Crippen LogP contribution is 2.08. The molecule has 1 fully saturated rings. The van der Waals surface area contributed by atoms with Crippen LogP contribution < -0.4 is 16.4 Å². The lowest BCUT2D eigenvalue weighted by molar-refractivity contribution is 0.377. The van der Waals surface area contributed by atoms with Gasteiger partial charge in [-0.1, -0.05) is 6.42 Å². The maximum Gasteiger partial charge on any atom is 0.00791 e. The second-order valence-corrected chi connectivity index (χ2v) is 3.47. The third-order valence-electron chi connectivity index (χ3n) is 2.40. The number of nitrogens with one attached hydrogen (secondary N) is 2. The number of rotatable bonds is 5. The summed E-state index contributed by atoms with van der Waals surface area (Å²) in [5.41, 5.74) is 5.37. The molecule has 1 rings (SSSR count). The van der Waals surface area contributed by atoms with Crippen LogP contribution in [0.5, 0.6) is 0 Å². The fourth-order valence-corrected chi connectivity index (χ4v) is 1.67. The van der Waals surface area contributed by atoms with E-state index < -0.39 is 0 Å². The van der Waals surface area contributed by atoms with E-state index >= 15 is 0 Å². The Morgan fingerprint density at radius 2 is 2.25 bits per heavy atom. The molecule has 1 saturated heterocycles. The molecule has 1 aliphatic heterocycles. The molecule has 1 aliphatic rings. The molecule has 0 aliphatic carbocycles. The summed E-state index contributed by atoms with van der Waals surface area (Å²) in [5.74, 6) is 0. The minimum absolute atomic E-state index is 0.748. The SMILES string of the molecule is NCCNCCC1CCCCN1. The van der Waals surface area contributed by atoms with Gasteiger partial charge in [0, 0.05) is 19.1 Å². The lowest BCUT2D eigenvalue weighted by atomic mass is 10.0. The van der Waals surface area contributed by atoms with Gasteiger partial charge in [-0.15, -0.1) is 0 Å². The molecule has 0 bridgehead atoms. The Morgan fingerprint density at radius 3 is 2.92 bits per heavy atom. The highest BCUT2D eigenvalue weighted by Gasteiger charge is 2.10. The van der Waals surface area contributed by atoms with Gasteiger partial charge in [0.1, 0.15) is 0 Å². The lowest BCUT2D eigenvalue weighted by Gasteiger charge is -2.23. The van der Waals surface area contributed by atoms with Crippen LogP contribution in [0.25, 0.3) is 0 Å². The molecule has 12 heavy (non-hydrogen) atoms. The Kier molecular flexibility index (Phi) is 5.32. The van der Waals surface area contributed by atoms with Gasteiger partial charge in [0.15, 0.2) is 0 Å². The van der Waals surface area contributed by atoms with E-state index in [1.54, 1.807) is 0 Å². The molecule has 3 heteroatoms. The summed E-state index contributed by atoms with van der Waals surface area (Å²) in [6.07, 6.45) is 5.35. The van der Waals surface area contributed by atoms with Gasteiger partial charge in [-0.25, -0.2) is 0 Å². The van der Waals surface area contributed by atoms with Crippen molar-refractivity contribution in [1.82, 2.24) is 10.6 Å². The smallest absolute Gasteiger partial charge is 0.00791 e. The molecule has 3 nitrogen and oxygen atoms in total. The minimum atomic E-state index is 0.748. The van der Waals surface area contributed by atoms with Crippen molar-refractivity contribution in [2.75, 3.05) is 26.2 Å². The van der Waals surface area contributed by atoms with Gasteiger partial charge < -0.3 is 16.4 Å². The average molecular weight is 171 g/mol. The van der Waals surface area contributed by atoms with Gasteiger partial charge >= 0.3 is 0 Å². The monoisotopic (exact) mass is 171 g/mol. The Bertz CT molecular complexity index is 99.9. The van der Waals surface area contributed by atoms with E-state index in [0.717, 1.165) is 25.7 Å². The fourth-order valence-electron chi connectivity index (χ4n) is 1.67. The molecule has 1 atom stereocenters. The maximum atomic E-state index is 5.37. The number of piperidine rings is 1. The van der Waals surface area contributed by atoms with Crippen LogP contribution >= 0.6 is 0 Å². The van der Waals surface area contributed by atoms with Gasteiger partial charge in [-0.05, 0) is 32.4 Å². The summed E-state index contributed by atoms with van der Waals surface area (Å²) in [4.78, 5) is 0. The molecule has 72 valence electrons. The van der Waals surface area contributed by atoms with E-state index in [0.29, 0.717) is 0 Å². The maximum absolute atomic E-state index is 5.37. The Labute approximate surface area is 75.1 Å². The van der Waals surface area contributed by atoms with Crippen LogP contribution in [0.15, 0.2) is 0 Å². The first kappa shape index (κ1) is 9.96. The van der Waals surface area contributed by atoms with Gasteiger partial charge in [-0.3, -0.25) is 0 Å². The zero-order chi connectivity index (χ0) is 8.65. The Morgan fingerprint density at radius 1 is 1.33 bits per heavy atom.